The Labute approximate surface area is 196 Å². The van der Waals surface area contributed by atoms with Crippen LogP contribution in [0.15, 0.2) is 114 Å². The van der Waals surface area contributed by atoms with Crippen LogP contribution in [0, 0.1) is 0 Å². The summed E-state index contributed by atoms with van der Waals surface area (Å²) in [6.45, 7) is 0. The molecular formula is C28H21N3O3. The topological polar surface area (TPSA) is 64.4 Å². The van der Waals surface area contributed by atoms with Gasteiger partial charge in [-0.25, -0.2) is 0 Å². The minimum absolute atomic E-state index is 0.200. The van der Waals surface area contributed by atoms with Gasteiger partial charge >= 0.3 is 0 Å². The van der Waals surface area contributed by atoms with E-state index in [-0.39, 0.29) is 17.2 Å². The molecule has 0 bridgehead atoms. The van der Waals surface area contributed by atoms with Gasteiger partial charge in [-0.1, -0.05) is 54.6 Å². The van der Waals surface area contributed by atoms with Gasteiger partial charge in [-0.05, 0) is 54.6 Å². The third-order valence-corrected chi connectivity index (χ3v) is 5.52. The lowest BCUT2D eigenvalue weighted by Crippen LogP contribution is -2.31. The van der Waals surface area contributed by atoms with Crippen molar-refractivity contribution in [3.63, 3.8) is 0 Å². The van der Waals surface area contributed by atoms with Gasteiger partial charge in [-0.15, -0.1) is 0 Å². The summed E-state index contributed by atoms with van der Waals surface area (Å²) in [6.07, 6.45) is 0. The molecule has 166 valence electrons. The summed E-state index contributed by atoms with van der Waals surface area (Å²) in [7, 11) is 1.68. The molecule has 0 radical (unpaired) electrons. The van der Waals surface area contributed by atoms with Crippen molar-refractivity contribution in [2.45, 2.75) is 0 Å². The summed E-state index contributed by atoms with van der Waals surface area (Å²) in [4.78, 5) is 28.2. The molecule has 0 aliphatic carbocycles. The first-order valence-electron chi connectivity index (χ1n) is 10.8. The zero-order valence-corrected chi connectivity index (χ0v) is 18.5. The van der Waals surface area contributed by atoms with Crippen molar-refractivity contribution in [3.05, 3.63) is 125 Å². The highest BCUT2D eigenvalue weighted by molar-refractivity contribution is 6.12. The number of carbonyl (C=O) groups is 1. The Morgan fingerprint density at radius 3 is 1.97 bits per heavy atom. The number of benzene rings is 4. The number of fused-ring (bicyclic) bond motifs is 1. The largest absolute Gasteiger partial charge is 0.457 e. The van der Waals surface area contributed by atoms with Gasteiger partial charge in [0.15, 0.2) is 5.69 Å². The van der Waals surface area contributed by atoms with Crippen LogP contribution >= 0.6 is 0 Å². The van der Waals surface area contributed by atoms with E-state index in [1.807, 2.05) is 72.8 Å². The fourth-order valence-electron chi connectivity index (χ4n) is 3.73. The molecule has 5 rings (SSSR count). The average Bonchev–Trinajstić information content (AvgIpc) is 2.90. The van der Waals surface area contributed by atoms with Crippen LogP contribution in [0.2, 0.25) is 0 Å². The molecule has 1 aromatic heterocycles. The Morgan fingerprint density at radius 2 is 1.29 bits per heavy atom. The third kappa shape index (κ3) is 4.04. The molecule has 6 heteroatoms. The summed E-state index contributed by atoms with van der Waals surface area (Å²) in [6, 6.07) is 32.8. The minimum atomic E-state index is -0.322. The monoisotopic (exact) mass is 447 g/mol. The molecule has 34 heavy (non-hydrogen) atoms. The highest BCUT2D eigenvalue weighted by Gasteiger charge is 2.21. The van der Waals surface area contributed by atoms with E-state index in [4.69, 9.17) is 4.74 Å². The summed E-state index contributed by atoms with van der Waals surface area (Å²) in [5.74, 6) is 1.08. The minimum Gasteiger partial charge on any atom is -0.457 e. The van der Waals surface area contributed by atoms with Gasteiger partial charge in [-0.2, -0.15) is 9.78 Å². The van der Waals surface area contributed by atoms with Crippen LogP contribution in [0.1, 0.15) is 10.5 Å². The summed E-state index contributed by atoms with van der Waals surface area (Å²) in [5, 5.41) is 5.43. The van der Waals surface area contributed by atoms with Crippen LogP contribution in [0.25, 0.3) is 16.5 Å². The van der Waals surface area contributed by atoms with E-state index in [0.717, 1.165) is 5.75 Å². The lowest BCUT2D eigenvalue weighted by atomic mass is 10.1. The van der Waals surface area contributed by atoms with Gasteiger partial charge in [0.25, 0.3) is 11.5 Å². The molecule has 0 aliphatic heterocycles. The maximum Gasteiger partial charge on any atom is 0.279 e. The number of aromatic nitrogens is 2. The van der Waals surface area contributed by atoms with E-state index < -0.39 is 0 Å². The normalized spacial score (nSPS) is 10.7. The Bertz CT molecular complexity index is 1510. The zero-order chi connectivity index (χ0) is 23.5. The molecule has 0 saturated carbocycles. The first-order valence-corrected chi connectivity index (χ1v) is 10.8. The summed E-state index contributed by atoms with van der Waals surface area (Å²) >= 11 is 0. The Balaban J connectivity index is 1.50. The molecule has 0 saturated heterocycles. The fraction of sp³-hybridized carbons (Fsp3) is 0.0357. The van der Waals surface area contributed by atoms with E-state index in [1.54, 1.807) is 43.4 Å². The fourth-order valence-corrected chi connectivity index (χ4v) is 3.73. The number of hydrogen-bond acceptors (Lipinski definition) is 4. The number of nitrogens with zero attached hydrogens (tertiary/aromatic N) is 3. The number of para-hydroxylation sites is 2. The second-order valence-electron chi connectivity index (χ2n) is 7.72. The maximum absolute atomic E-state index is 13.5. The molecule has 5 aromatic rings. The van der Waals surface area contributed by atoms with Gasteiger partial charge in [0.1, 0.15) is 11.5 Å². The van der Waals surface area contributed by atoms with Crippen molar-refractivity contribution >= 4 is 22.4 Å². The Kier molecular flexibility index (Phi) is 5.62. The number of carbonyl (C=O) groups excluding carboxylic acids is 1. The van der Waals surface area contributed by atoms with E-state index in [1.165, 1.54) is 9.58 Å². The van der Waals surface area contributed by atoms with E-state index in [0.29, 0.717) is 27.9 Å². The lowest BCUT2D eigenvalue weighted by Gasteiger charge is -2.19. The average molecular weight is 447 g/mol. The van der Waals surface area contributed by atoms with Crippen LogP contribution in [0.4, 0.5) is 5.69 Å². The number of anilines is 1. The highest BCUT2D eigenvalue weighted by Crippen LogP contribution is 2.25. The van der Waals surface area contributed by atoms with Crippen molar-refractivity contribution in [1.82, 2.24) is 9.78 Å². The van der Waals surface area contributed by atoms with Crippen molar-refractivity contribution in [2.24, 2.45) is 0 Å². The van der Waals surface area contributed by atoms with Crippen molar-refractivity contribution in [1.29, 1.82) is 0 Å². The molecule has 0 spiro atoms. The number of ether oxygens (including phenoxy) is 1. The van der Waals surface area contributed by atoms with Crippen LogP contribution in [0.3, 0.4) is 0 Å². The maximum atomic E-state index is 13.5. The second-order valence-corrected chi connectivity index (χ2v) is 7.72. The van der Waals surface area contributed by atoms with Crippen LogP contribution in [0.5, 0.6) is 11.5 Å². The Hall–Kier alpha value is -4.71. The molecule has 4 aromatic carbocycles. The SMILES string of the molecule is CN(C(=O)c1nn(-c2ccccc2)c(=O)c2ccccc12)c1ccc(Oc2ccccc2)cc1. The molecule has 1 amide bonds. The standard InChI is InChI=1S/C28H21N3O3/c1-30(20-16-18-23(19-17-20)34-22-12-6-3-7-13-22)28(33)26-24-14-8-9-15-25(24)27(32)31(29-26)21-10-4-2-5-11-21/h2-19H,1H3. The van der Waals surface area contributed by atoms with E-state index in [2.05, 4.69) is 5.10 Å². The van der Waals surface area contributed by atoms with E-state index >= 15 is 0 Å². The molecule has 1 heterocycles. The summed E-state index contributed by atoms with van der Waals surface area (Å²) < 4.78 is 7.12. The van der Waals surface area contributed by atoms with Crippen molar-refractivity contribution < 1.29 is 9.53 Å². The molecule has 0 unspecified atom stereocenters. The molecule has 0 N–H and O–H groups in total. The third-order valence-electron chi connectivity index (χ3n) is 5.52. The predicted octanol–water partition coefficient (Wildman–Crippen LogP) is 5.45. The molecule has 0 fully saturated rings. The quantitative estimate of drug-likeness (QED) is 0.359. The summed E-state index contributed by atoms with van der Waals surface area (Å²) in [5.41, 5.74) is 1.20. The van der Waals surface area contributed by atoms with Gasteiger partial charge in [-0.3, -0.25) is 9.59 Å². The van der Waals surface area contributed by atoms with Crippen molar-refractivity contribution in [3.8, 4) is 17.2 Å². The molecule has 6 nitrogen and oxygen atoms in total. The second kappa shape index (κ2) is 9.03. The number of hydrogen-bond donors (Lipinski definition) is 0. The lowest BCUT2D eigenvalue weighted by molar-refractivity contribution is 0.0988. The van der Waals surface area contributed by atoms with Gasteiger partial charge in [0.05, 0.1) is 11.1 Å². The van der Waals surface area contributed by atoms with Gasteiger partial charge in [0, 0.05) is 18.1 Å². The van der Waals surface area contributed by atoms with Crippen LogP contribution < -0.4 is 15.2 Å². The molecule has 0 atom stereocenters. The zero-order valence-electron chi connectivity index (χ0n) is 18.5. The van der Waals surface area contributed by atoms with Crippen LogP contribution in [-0.2, 0) is 0 Å². The van der Waals surface area contributed by atoms with Gasteiger partial charge < -0.3 is 9.64 Å². The Morgan fingerprint density at radius 1 is 0.735 bits per heavy atom. The molecule has 0 aliphatic rings. The first-order chi connectivity index (χ1) is 16.6. The molecular weight excluding hydrogens is 426 g/mol. The number of rotatable bonds is 5. The highest BCUT2D eigenvalue weighted by atomic mass is 16.5. The first kappa shape index (κ1) is 21.2. The smallest absolute Gasteiger partial charge is 0.279 e. The van der Waals surface area contributed by atoms with Crippen LogP contribution in [-0.4, -0.2) is 22.7 Å². The van der Waals surface area contributed by atoms with Gasteiger partial charge in [0.2, 0.25) is 0 Å². The number of amides is 1. The predicted molar refractivity (Wildman–Crippen MR) is 133 cm³/mol. The van der Waals surface area contributed by atoms with E-state index in [9.17, 15) is 9.59 Å². The van der Waals surface area contributed by atoms with Crippen molar-refractivity contribution in [2.75, 3.05) is 11.9 Å².